The Bertz CT molecular complexity index is 483. The van der Waals surface area contributed by atoms with Crippen LogP contribution in [0, 0.1) is 0 Å². The minimum atomic E-state index is -3.25. The first kappa shape index (κ1) is 18.1. The van der Waals surface area contributed by atoms with Gasteiger partial charge in [0, 0.05) is 13.2 Å². The molecule has 21 heavy (non-hydrogen) atoms. The molecule has 0 saturated heterocycles. The Hall–Kier alpha value is -0.910. The molecule has 4 nitrogen and oxygen atoms in total. The molecule has 0 aliphatic carbocycles. The van der Waals surface area contributed by atoms with Crippen molar-refractivity contribution in [3.05, 3.63) is 29.8 Å². The van der Waals surface area contributed by atoms with Gasteiger partial charge in [0.2, 0.25) is 0 Å². The quantitative estimate of drug-likeness (QED) is 0.638. The molecule has 120 valence electrons. The number of rotatable bonds is 11. The van der Waals surface area contributed by atoms with Crippen LogP contribution in [-0.2, 0) is 21.1 Å². The molecule has 0 aliphatic rings. The fraction of sp³-hybridized carbons (Fsp3) is 0.625. The van der Waals surface area contributed by atoms with Gasteiger partial charge in [0.1, 0.15) is 0 Å². The summed E-state index contributed by atoms with van der Waals surface area (Å²) in [6, 6.07) is 6.73. The van der Waals surface area contributed by atoms with Gasteiger partial charge in [-0.15, -0.1) is 0 Å². The summed E-state index contributed by atoms with van der Waals surface area (Å²) in [5.74, 6) is 0.0317. The van der Waals surface area contributed by atoms with Crippen molar-refractivity contribution in [2.24, 2.45) is 5.73 Å². The molecule has 1 aromatic rings. The topological polar surface area (TPSA) is 69.4 Å². The normalized spacial score (nSPS) is 11.7. The summed E-state index contributed by atoms with van der Waals surface area (Å²) < 4.78 is 29.6. The Morgan fingerprint density at radius 2 is 1.67 bits per heavy atom. The minimum absolute atomic E-state index is 0.0317. The van der Waals surface area contributed by atoms with E-state index in [1.807, 2.05) is 0 Å². The maximum Gasteiger partial charge on any atom is 0.180 e. The van der Waals surface area contributed by atoms with Gasteiger partial charge in [0.25, 0.3) is 0 Å². The molecule has 0 bridgehead atoms. The third kappa shape index (κ3) is 7.07. The summed E-state index contributed by atoms with van der Waals surface area (Å²) in [4.78, 5) is 0.339. The highest BCUT2D eigenvalue weighted by Gasteiger charge is 2.13. The maximum atomic E-state index is 12.1. The van der Waals surface area contributed by atoms with Gasteiger partial charge in [-0.25, -0.2) is 8.42 Å². The summed E-state index contributed by atoms with van der Waals surface area (Å²) in [5.41, 5.74) is 6.42. The van der Waals surface area contributed by atoms with Crippen molar-refractivity contribution in [2.75, 3.05) is 19.0 Å². The fourth-order valence-corrected chi connectivity index (χ4v) is 3.15. The SMILES string of the molecule is CCCCCCCOCCS(=O)(=O)c1ccc(CN)cc1. The summed E-state index contributed by atoms with van der Waals surface area (Å²) in [6.07, 6.45) is 5.87. The molecular weight excluding hydrogens is 286 g/mol. The Morgan fingerprint density at radius 3 is 2.29 bits per heavy atom. The second-order valence-corrected chi connectivity index (χ2v) is 7.30. The van der Waals surface area contributed by atoms with Gasteiger partial charge >= 0.3 is 0 Å². The Balaban J connectivity index is 2.26. The van der Waals surface area contributed by atoms with Crippen LogP contribution < -0.4 is 5.73 Å². The highest BCUT2D eigenvalue weighted by Crippen LogP contribution is 2.12. The minimum Gasteiger partial charge on any atom is -0.380 e. The van der Waals surface area contributed by atoms with Gasteiger partial charge < -0.3 is 10.5 Å². The largest absolute Gasteiger partial charge is 0.380 e. The molecule has 0 atom stereocenters. The zero-order valence-corrected chi connectivity index (χ0v) is 13.7. The fourth-order valence-electron chi connectivity index (χ4n) is 2.03. The van der Waals surface area contributed by atoms with E-state index in [9.17, 15) is 8.42 Å². The van der Waals surface area contributed by atoms with Crippen LogP contribution in [0.5, 0.6) is 0 Å². The van der Waals surface area contributed by atoms with Crippen LogP contribution >= 0.6 is 0 Å². The lowest BCUT2D eigenvalue weighted by Crippen LogP contribution is -2.13. The number of nitrogens with two attached hydrogens (primary N) is 1. The lowest BCUT2D eigenvalue weighted by atomic mass is 10.2. The third-order valence-electron chi connectivity index (χ3n) is 3.41. The van der Waals surface area contributed by atoms with Crippen molar-refractivity contribution in [3.63, 3.8) is 0 Å². The first-order valence-corrected chi connectivity index (χ1v) is 9.35. The van der Waals surface area contributed by atoms with Crippen LogP contribution in [0.25, 0.3) is 0 Å². The van der Waals surface area contributed by atoms with E-state index in [2.05, 4.69) is 6.92 Å². The average molecular weight is 313 g/mol. The molecule has 0 amide bonds. The van der Waals surface area contributed by atoms with E-state index in [-0.39, 0.29) is 12.4 Å². The van der Waals surface area contributed by atoms with E-state index in [4.69, 9.17) is 10.5 Å². The highest BCUT2D eigenvalue weighted by atomic mass is 32.2. The van der Waals surface area contributed by atoms with Crippen LogP contribution in [-0.4, -0.2) is 27.4 Å². The van der Waals surface area contributed by atoms with Crippen LogP contribution in [0.2, 0.25) is 0 Å². The predicted molar refractivity (Wildman–Crippen MR) is 86.0 cm³/mol. The van der Waals surface area contributed by atoms with Gasteiger partial charge in [-0.2, -0.15) is 0 Å². The molecule has 0 unspecified atom stereocenters. The molecule has 0 spiro atoms. The first-order chi connectivity index (χ1) is 10.1. The smallest absolute Gasteiger partial charge is 0.180 e. The summed E-state index contributed by atoms with van der Waals surface area (Å²) in [5, 5.41) is 0. The molecule has 2 N–H and O–H groups in total. The molecule has 5 heteroatoms. The van der Waals surface area contributed by atoms with Crippen LogP contribution in [0.4, 0.5) is 0 Å². The molecule has 0 aliphatic heterocycles. The lowest BCUT2D eigenvalue weighted by Gasteiger charge is -2.07. The number of sulfone groups is 1. The second kappa shape index (κ2) is 9.92. The molecule has 0 heterocycles. The van der Waals surface area contributed by atoms with E-state index in [1.54, 1.807) is 24.3 Å². The summed E-state index contributed by atoms with van der Waals surface area (Å²) >= 11 is 0. The van der Waals surface area contributed by atoms with E-state index < -0.39 is 9.84 Å². The number of ether oxygens (including phenoxy) is 1. The van der Waals surface area contributed by atoms with Gasteiger partial charge in [-0.05, 0) is 24.1 Å². The molecule has 0 fully saturated rings. The molecule has 1 rings (SSSR count). The summed E-state index contributed by atoms with van der Waals surface area (Å²) in [6.45, 7) is 3.50. The predicted octanol–water partition coefficient (Wildman–Crippen LogP) is 2.91. The first-order valence-electron chi connectivity index (χ1n) is 7.69. The van der Waals surface area contributed by atoms with Crippen molar-refractivity contribution in [1.82, 2.24) is 0 Å². The van der Waals surface area contributed by atoms with Crippen LogP contribution in [0.15, 0.2) is 29.2 Å². The van der Waals surface area contributed by atoms with Crippen molar-refractivity contribution >= 4 is 9.84 Å². The average Bonchev–Trinajstić information content (AvgIpc) is 2.50. The standard InChI is InChI=1S/C16H27NO3S/c1-2-3-4-5-6-11-20-12-13-21(18,19)16-9-7-15(14-17)8-10-16/h7-10H,2-6,11-14,17H2,1H3. The van der Waals surface area contributed by atoms with Crippen molar-refractivity contribution in [1.29, 1.82) is 0 Å². The Kier molecular flexibility index (Phi) is 8.57. The monoisotopic (exact) mass is 313 g/mol. The summed E-state index contributed by atoms with van der Waals surface area (Å²) in [7, 11) is -3.25. The zero-order chi connectivity index (χ0) is 15.6. The molecule has 1 aromatic carbocycles. The van der Waals surface area contributed by atoms with Gasteiger partial charge in [-0.1, -0.05) is 44.7 Å². The third-order valence-corrected chi connectivity index (χ3v) is 5.10. The molecular formula is C16H27NO3S. The Labute approximate surface area is 128 Å². The highest BCUT2D eigenvalue weighted by molar-refractivity contribution is 7.91. The van der Waals surface area contributed by atoms with Gasteiger partial charge in [0.15, 0.2) is 9.84 Å². The van der Waals surface area contributed by atoms with Crippen molar-refractivity contribution in [3.8, 4) is 0 Å². The van der Waals surface area contributed by atoms with Gasteiger partial charge in [-0.3, -0.25) is 0 Å². The van der Waals surface area contributed by atoms with E-state index in [1.165, 1.54) is 19.3 Å². The van der Waals surface area contributed by atoms with Crippen molar-refractivity contribution in [2.45, 2.75) is 50.5 Å². The molecule has 0 aromatic heterocycles. The zero-order valence-electron chi connectivity index (χ0n) is 12.9. The number of hydrogen-bond acceptors (Lipinski definition) is 4. The van der Waals surface area contributed by atoms with E-state index in [0.717, 1.165) is 18.4 Å². The Morgan fingerprint density at radius 1 is 1.00 bits per heavy atom. The van der Waals surface area contributed by atoms with Gasteiger partial charge in [0.05, 0.1) is 17.3 Å². The molecule has 0 saturated carbocycles. The number of unbranched alkanes of at least 4 members (excludes halogenated alkanes) is 4. The number of benzene rings is 1. The van der Waals surface area contributed by atoms with Crippen LogP contribution in [0.1, 0.15) is 44.6 Å². The van der Waals surface area contributed by atoms with E-state index >= 15 is 0 Å². The maximum absolute atomic E-state index is 12.1. The lowest BCUT2D eigenvalue weighted by molar-refractivity contribution is 0.144. The van der Waals surface area contributed by atoms with E-state index in [0.29, 0.717) is 18.0 Å². The number of hydrogen-bond donors (Lipinski definition) is 1. The second-order valence-electron chi connectivity index (χ2n) is 5.19. The molecule has 0 radical (unpaired) electrons. The van der Waals surface area contributed by atoms with Crippen molar-refractivity contribution < 1.29 is 13.2 Å². The van der Waals surface area contributed by atoms with Crippen LogP contribution in [0.3, 0.4) is 0 Å².